The standard InChI is InChI=1S/C19H17ClFN7O/c20-16-8-23-17(9-22-16)26-14-6-11-7-15(14)27(10-11)19(29)12-2-1-3-13(21)18(12)28-24-4-5-25-28/h1-5,8-9,11,14-15H,6-7,10H2,(H,23,26)/t11-,14-,15+/m1/s1. The number of rotatable bonds is 4. The zero-order chi connectivity index (χ0) is 20.0. The first-order valence-corrected chi connectivity index (χ1v) is 9.68. The smallest absolute Gasteiger partial charge is 0.256 e. The highest BCUT2D eigenvalue weighted by molar-refractivity contribution is 6.29. The molecule has 1 aliphatic heterocycles. The molecular formula is C19H17ClFN7O. The van der Waals surface area contributed by atoms with Gasteiger partial charge in [0.25, 0.3) is 5.91 Å². The van der Waals surface area contributed by atoms with E-state index in [1.807, 2.05) is 4.90 Å². The lowest BCUT2D eigenvalue weighted by molar-refractivity contribution is 0.0691. The first-order valence-electron chi connectivity index (χ1n) is 9.30. The average molecular weight is 414 g/mol. The third kappa shape index (κ3) is 3.21. The zero-order valence-electron chi connectivity index (χ0n) is 15.2. The van der Waals surface area contributed by atoms with Crippen LogP contribution in [0.4, 0.5) is 10.2 Å². The van der Waals surface area contributed by atoms with Crippen LogP contribution in [0.15, 0.2) is 43.0 Å². The van der Waals surface area contributed by atoms with Crippen molar-refractivity contribution in [1.29, 1.82) is 0 Å². The van der Waals surface area contributed by atoms with E-state index < -0.39 is 5.82 Å². The molecule has 3 atom stereocenters. The number of benzene rings is 1. The van der Waals surface area contributed by atoms with Gasteiger partial charge in [-0.2, -0.15) is 10.2 Å². The molecule has 1 N–H and O–H groups in total. The molecular weight excluding hydrogens is 397 g/mol. The van der Waals surface area contributed by atoms with Crippen LogP contribution in [0, 0.1) is 11.7 Å². The number of fused-ring (bicyclic) bond motifs is 2. The SMILES string of the molecule is O=C(c1cccc(F)c1-n1nccn1)N1C[C@@H]2C[C@@H](Nc3cnc(Cl)cn3)[C@@H]1C2. The predicted molar refractivity (Wildman–Crippen MR) is 103 cm³/mol. The molecule has 2 aliphatic rings. The van der Waals surface area contributed by atoms with Gasteiger partial charge < -0.3 is 10.2 Å². The number of carbonyl (C=O) groups excluding carboxylic acids is 1. The van der Waals surface area contributed by atoms with Crippen LogP contribution in [0.5, 0.6) is 0 Å². The van der Waals surface area contributed by atoms with Gasteiger partial charge >= 0.3 is 0 Å². The Kier molecular flexibility index (Phi) is 4.39. The van der Waals surface area contributed by atoms with Crippen LogP contribution in [-0.2, 0) is 0 Å². The lowest BCUT2D eigenvalue weighted by Crippen LogP contribution is -2.48. The number of halogens is 2. The van der Waals surface area contributed by atoms with Gasteiger partial charge in [-0.15, -0.1) is 4.80 Å². The number of nitrogens with one attached hydrogen (secondary N) is 1. The molecule has 1 amide bonds. The van der Waals surface area contributed by atoms with Gasteiger partial charge in [0.05, 0.1) is 36.4 Å². The Morgan fingerprint density at radius 1 is 1.17 bits per heavy atom. The number of likely N-dealkylation sites (tertiary alicyclic amines) is 1. The zero-order valence-corrected chi connectivity index (χ0v) is 16.0. The Morgan fingerprint density at radius 2 is 2.00 bits per heavy atom. The third-order valence-corrected chi connectivity index (χ3v) is 5.73. The Hall–Kier alpha value is -3.07. The summed E-state index contributed by atoms with van der Waals surface area (Å²) < 4.78 is 14.5. The van der Waals surface area contributed by atoms with Crippen molar-refractivity contribution in [3.8, 4) is 5.69 Å². The molecule has 1 saturated carbocycles. The number of para-hydroxylation sites is 1. The summed E-state index contributed by atoms with van der Waals surface area (Å²) in [4.78, 5) is 24.6. The van der Waals surface area contributed by atoms with Crippen LogP contribution >= 0.6 is 11.6 Å². The van der Waals surface area contributed by atoms with E-state index in [1.165, 1.54) is 30.7 Å². The molecule has 1 aromatic carbocycles. The number of anilines is 1. The van der Waals surface area contributed by atoms with Crippen molar-refractivity contribution in [3.05, 3.63) is 59.5 Å². The van der Waals surface area contributed by atoms with E-state index in [0.717, 1.165) is 17.6 Å². The largest absolute Gasteiger partial charge is 0.364 e. The fourth-order valence-electron chi connectivity index (χ4n) is 4.37. The molecule has 3 heterocycles. The number of aromatic nitrogens is 5. The van der Waals surface area contributed by atoms with Crippen molar-refractivity contribution < 1.29 is 9.18 Å². The van der Waals surface area contributed by atoms with Gasteiger partial charge in [0.2, 0.25) is 0 Å². The van der Waals surface area contributed by atoms with Gasteiger partial charge in [0.1, 0.15) is 16.7 Å². The maximum absolute atomic E-state index is 14.5. The number of carbonyl (C=O) groups is 1. The maximum atomic E-state index is 14.5. The van der Waals surface area contributed by atoms with E-state index in [1.54, 1.807) is 12.3 Å². The molecule has 10 heteroatoms. The quantitative estimate of drug-likeness (QED) is 0.707. The van der Waals surface area contributed by atoms with Crippen molar-refractivity contribution in [2.45, 2.75) is 24.9 Å². The number of hydrogen-bond donors (Lipinski definition) is 1. The van der Waals surface area contributed by atoms with Gasteiger partial charge in [0.15, 0.2) is 5.82 Å². The Morgan fingerprint density at radius 3 is 2.72 bits per heavy atom. The van der Waals surface area contributed by atoms with Gasteiger partial charge in [-0.3, -0.25) is 4.79 Å². The highest BCUT2D eigenvalue weighted by Crippen LogP contribution is 2.40. The minimum atomic E-state index is -0.539. The molecule has 29 heavy (non-hydrogen) atoms. The highest BCUT2D eigenvalue weighted by atomic mass is 35.5. The van der Waals surface area contributed by atoms with Crippen LogP contribution in [0.2, 0.25) is 5.15 Å². The summed E-state index contributed by atoms with van der Waals surface area (Å²) in [5, 5.41) is 11.7. The molecule has 148 valence electrons. The van der Waals surface area contributed by atoms with Gasteiger partial charge in [-0.1, -0.05) is 17.7 Å². The molecule has 1 aliphatic carbocycles. The molecule has 5 rings (SSSR count). The summed E-state index contributed by atoms with van der Waals surface area (Å²) in [5.41, 5.74) is 0.317. The molecule has 2 aromatic heterocycles. The number of amides is 1. The lowest BCUT2D eigenvalue weighted by Gasteiger charge is -2.34. The second-order valence-electron chi connectivity index (χ2n) is 7.29. The normalized spacial score (nSPS) is 22.8. The van der Waals surface area contributed by atoms with Crippen LogP contribution in [0.3, 0.4) is 0 Å². The second kappa shape index (κ2) is 7.07. The lowest BCUT2D eigenvalue weighted by atomic mass is 10.0. The summed E-state index contributed by atoms with van der Waals surface area (Å²) in [6.45, 7) is 0.649. The summed E-state index contributed by atoms with van der Waals surface area (Å²) >= 11 is 5.80. The predicted octanol–water partition coefficient (Wildman–Crippen LogP) is 2.56. The van der Waals surface area contributed by atoms with Gasteiger partial charge in [-0.05, 0) is 30.9 Å². The summed E-state index contributed by atoms with van der Waals surface area (Å²) in [7, 11) is 0. The summed E-state index contributed by atoms with van der Waals surface area (Å²) in [5.74, 6) is 0.244. The number of nitrogens with zero attached hydrogens (tertiary/aromatic N) is 6. The Balaban J connectivity index is 1.41. The van der Waals surface area contributed by atoms with Crippen molar-refractivity contribution >= 4 is 23.3 Å². The van der Waals surface area contributed by atoms with E-state index in [0.29, 0.717) is 23.4 Å². The van der Waals surface area contributed by atoms with E-state index in [4.69, 9.17) is 11.6 Å². The molecule has 0 radical (unpaired) electrons. The Labute approximate surface area is 170 Å². The number of hydrogen-bond acceptors (Lipinski definition) is 6. The van der Waals surface area contributed by atoms with Crippen molar-refractivity contribution in [2.24, 2.45) is 5.92 Å². The van der Waals surface area contributed by atoms with Crippen LogP contribution < -0.4 is 5.32 Å². The van der Waals surface area contributed by atoms with E-state index in [2.05, 4.69) is 25.5 Å². The molecule has 2 bridgehead atoms. The van der Waals surface area contributed by atoms with E-state index in [-0.39, 0.29) is 29.2 Å². The molecule has 2 fully saturated rings. The topological polar surface area (TPSA) is 88.8 Å². The van der Waals surface area contributed by atoms with E-state index >= 15 is 0 Å². The van der Waals surface area contributed by atoms with Crippen LogP contribution in [0.1, 0.15) is 23.2 Å². The molecule has 3 aromatic rings. The average Bonchev–Trinajstić information content (AvgIpc) is 3.46. The molecule has 1 saturated heterocycles. The first kappa shape index (κ1) is 18.0. The maximum Gasteiger partial charge on any atom is 0.256 e. The second-order valence-corrected chi connectivity index (χ2v) is 7.68. The van der Waals surface area contributed by atoms with Crippen LogP contribution in [-0.4, -0.2) is 54.4 Å². The number of piperidine rings is 1. The summed E-state index contributed by atoms with van der Waals surface area (Å²) in [6.07, 6.45) is 7.80. The van der Waals surface area contributed by atoms with Gasteiger partial charge in [-0.25, -0.2) is 14.4 Å². The molecule has 0 spiro atoms. The minimum Gasteiger partial charge on any atom is -0.364 e. The minimum absolute atomic E-state index is 0.00771. The van der Waals surface area contributed by atoms with Crippen molar-refractivity contribution in [2.75, 3.05) is 11.9 Å². The van der Waals surface area contributed by atoms with Gasteiger partial charge in [0, 0.05) is 12.6 Å². The molecule has 8 nitrogen and oxygen atoms in total. The third-order valence-electron chi connectivity index (χ3n) is 5.53. The van der Waals surface area contributed by atoms with Crippen molar-refractivity contribution in [3.63, 3.8) is 0 Å². The molecule has 0 unspecified atom stereocenters. The summed E-state index contributed by atoms with van der Waals surface area (Å²) in [6, 6.07) is 4.49. The van der Waals surface area contributed by atoms with Crippen molar-refractivity contribution in [1.82, 2.24) is 29.9 Å². The van der Waals surface area contributed by atoms with E-state index in [9.17, 15) is 9.18 Å². The first-order chi connectivity index (χ1) is 14.1. The monoisotopic (exact) mass is 413 g/mol. The highest BCUT2D eigenvalue weighted by Gasteiger charge is 2.47. The van der Waals surface area contributed by atoms with Crippen LogP contribution in [0.25, 0.3) is 5.69 Å². The Bertz CT molecular complexity index is 1040. The fourth-order valence-corrected chi connectivity index (χ4v) is 4.47. The fraction of sp³-hybridized carbons (Fsp3) is 0.316.